The molecule has 5 heteroatoms. The van der Waals surface area contributed by atoms with Gasteiger partial charge in [-0.25, -0.2) is 5.48 Å². The summed E-state index contributed by atoms with van der Waals surface area (Å²) in [4.78, 5) is 15.6. The minimum Gasteiger partial charge on any atom is -0.295 e. The van der Waals surface area contributed by atoms with Gasteiger partial charge in [-0.1, -0.05) is 12.1 Å². The van der Waals surface area contributed by atoms with E-state index in [1.807, 2.05) is 0 Å². The molecular formula is C9H11NO3S. The second-order valence-electron chi connectivity index (χ2n) is 2.56. The molecule has 76 valence electrons. The number of anilines is 1. The smallest absolute Gasteiger partial charge is 0.159 e. The second-order valence-corrected chi connectivity index (χ2v) is 3.03. The number of hydrogen-bond acceptors (Lipinski definition) is 5. The number of benzene rings is 1. The molecule has 0 heterocycles. The molecule has 1 N–H and O–H groups in total. The second kappa shape index (κ2) is 5.64. The van der Waals surface area contributed by atoms with Crippen molar-refractivity contribution in [2.24, 2.45) is 0 Å². The van der Waals surface area contributed by atoms with E-state index in [1.54, 1.807) is 30.5 Å². The summed E-state index contributed by atoms with van der Waals surface area (Å²) in [5, 5.41) is 0. The predicted octanol–water partition coefficient (Wildman–Crippen LogP) is 2.44. The summed E-state index contributed by atoms with van der Waals surface area (Å²) in [6, 6.07) is 6.96. The number of carbonyl (C=O) groups excluding carboxylic acids is 1. The SMILES string of the molecule is CSOONc1cccc(C(C)=O)c1. The first-order valence-corrected chi connectivity index (χ1v) is 5.12. The molecule has 0 aliphatic carbocycles. The molecule has 4 nitrogen and oxygen atoms in total. The van der Waals surface area contributed by atoms with Gasteiger partial charge in [0.25, 0.3) is 0 Å². The van der Waals surface area contributed by atoms with E-state index in [0.717, 1.165) is 12.0 Å². The normalized spacial score (nSPS) is 9.86. The molecule has 0 saturated heterocycles. The van der Waals surface area contributed by atoms with Gasteiger partial charge in [0, 0.05) is 23.9 Å². The summed E-state index contributed by atoms with van der Waals surface area (Å²) in [5.41, 5.74) is 3.85. The zero-order valence-electron chi connectivity index (χ0n) is 7.94. The molecule has 0 unspecified atom stereocenters. The van der Waals surface area contributed by atoms with E-state index in [9.17, 15) is 4.79 Å². The number of nitrogens with one attached hydrogen (secondary N) is 1. The summed E-state index contributed by atoms with van der Waals surface area (Å²) >= 11 is 1.08. The first-order valence-electron chi connectivity index (χ1n) is 3.97. The maximum Gasteiger partial charge on any atom is 0.159 e. The van der Waals surface area contributed by atoms with E-state index in [-0.39, 0.29) is 5.78 Å². The molecule has 14 heavy (non-hydrogen) atoms. The van der Waals surface area contributed by atoms with Gasteiger partial charge in [0.2, 0.25) is 0 Å². The van der Waals surface area contributed by atoms with E-state index in [2.05, 4.69) is 14.8 Å². The highest BCUT2D eigenvalue weighted by Gasteiger charge is 1.99. The maximum absolute atomic E-state index is 11.0. The maximum atomic E-state index is 11.0. The lowest BCUT2D eigenvalue weighted by Crippen LogP contribution is -2.00. The van der Waals surface area contributed by atoms with Crippen molar-refractivity contribution in [3.05, 3.63) is 29.8 Å². The summed E-state index contributed by atoms with van der Waals surface area (Å²) < 4.78 is 4.56. The molecule has 0 aliphatic heterocycles. The Balaban J connectivity index is 2.59. The number of Topliss-reactive ketones (excluding diaryl/α,β-unsaturated/α-hetero) is 1. The van der Waals surface area contributed by atoms with Gasteiger partial charge in [-0.3, -0.25) is 4.79 Å². The van der Waals surface area contributed by atoms with Gasteiger partial charge < -0.3 is 0 Å². The topological polar surface area (TPSA) is 47.6 Å². The fourth-order valence-electron chi connectivity index (χ4n) is 0.901. The minimum absolute atomic E-state index is 0.0134. The molecular weight excluding hydrogens is 202 g/mol. The Bertz CT molecular complexity index is 317. The molecule has 0 saturated carbocycles. The Kier molecular flexibility index (Phi) is 4.45. The van der Waals surface area contributed by atoms with Crippen molar-refractivity contribution in [3.63, 3.8) is 0 Å². The number of carbonyl (C=O) groups is 1. The van der Waals surface area contributed by atoms with Gasteiger partial charge in [0.1, 0.15) is 0 Å². The summed E-state index contributed by atoms with van der Waals surface area (Å²) in [6.07, 6.45) is 1.73. The lowest BCUT2D eigenvalue weighted by molar-refractivity contribution is -0.160. The average molecular weight is 213 g/mol. The summed E-state index contributed by atoms with van der Waals surface area (Å²) in [7, 11) is 0. The monoisotopic (exact) mass is 213 g/mol. The van der Waals surface area contributed by atoms with Crippen molar-refractivity contribution in [2.75, 3.05) is 11.7 Å². The highest BCUT2D eigenvalue weighted by molar-refractivity contribution is 7.93. The van der Waals surface area contributed by atoms with Gasteiger partial charge in [-0.05, 0) is 19.1 Å². The Morgan fingerprint density at radius 2 is 2.29 bits per heavy atom. The van der Waals surface area contributed by atoms with Crippen LogP contribution >= 0.6 is 12.0 Å². The molecule has 0 aliphatic rings. The van der Waals surface area contributed by atoms with Crippen LogP contribution in [-0.2, 0) is 9.32 Å². The number of rotatable bonds is 5. The molecule has 1 aromatic carbocycles. The van der Waals surface area contributed by atoms with Crippen molar-refractivity contribution in [1.29, 1.82) is 0 Å². The van der Waals surface area contributed by atoms with Gasteiger partial charge in [-0.2, -0.15) is 0 Å². The van der Waals surface area contributed by atoms with Gasteiger partial charge in [0.05, 0.1) is 5.69 Å². The molecule has 0 radical (unpaired) electrons. The van der Waals surface area contributed by atoms with Crippen LogP contribution in [0.15, 0.2) is 24.3 Å². The van der Waals surface area contributed by atoms with Crippen LogP contribution in [0.25, 0.3) is 0 Å². The van der Waals surface area contributed by atoms with Gasteiger partial charge in [-0.15, -0.1) is 9.32 Å². The summed E-state index contributed by atoms with van der Waals surface area (Å²) in [6.45, 7) is 1.51. The Morgan fingerprint density at radius 3 is 2.93 bits per heavy atom. The molecule has 0 spiro atoms. The molecule has 0 amide bonds. The molecule has 0 bridgehead atoms. The highest BCUT2D eigenvalue weighted by Crippen LogP contribution is 2.11. The van der Waals surface area contributed by atoms with Crippen molar-refractivity contribution < 1.29 is 14.1 Å². The lowest BCUT2D eigenvalue weighted by atomic mass is 10.1. The quantitative estimate of drug-likeness (QED) is 0.267. The van der Waals surface area contributed by atoms with E-state index >= 15 is 0 Å². The standard InChI is InChI=1S/C9H11NO3S/c1-7(11)8-4-3-5-9(6-8)10-12-13-14-2/h3-6,10H,1-2H3. The first-order chi connectivity index (χ1) is 6.74. The third kappa shape index (κ3) is 3.37. The fraction of sp³-hybridized carbons (Fsp3) is 0.222. The minimum atomic E-state index is 0.0134. The van der Waals surface area contributed by atoms with Crippen LogP contribution in [-0.4, -0.2) is 12.0 Å². The van der Waals surface area contributed by atoms with Crippen LogP contribution in [0.1, 0.15) is 17.3 Å². The molecule has 0 aromatic heterocycles. The van der Waals surface area contributed by atoms with Gasteiger partial charge in [0.15, 0.2) is 5.78 Å². The average Bonchev–Trinajstić information content (AvgIpc) is 2.19. The number of ketones is 1. The molecule has 0 fully saturated rings. The van der Waals surface area contributed by atoms with Gasteiger partial charge >= 0.3 is 0 Å². The van der Waals surface area contributed by atoms with E-state index < -0.39 is 0 Å². The largest absolute Gasteiger partial charge is 0.295 e. The van der Waals surface area contributed by atoms with E-state index in [1.165, 1.54) is 6.92 Å². The predicted molar refractivity (Wildman–Crippen MR) is 55.8 cm³/mol. The van der Waals surface area contributed by atoms with Crippen LogP contribution in [0.5, 0.6) is 0 Å². The van der Waals surface area contributed by atoms with Crippen molar-refractivity contribution in [3.8, 4) is 0 Å². The lowest BCUT2D eigenvalue weighted by Gasteiger charge is -2.04. The van der Waals surface area contributed by atoms with Crippen molar-refractivity contribution in [2.45, 2.75) is 6.92 Å². The fourth-order valence-corrected chi connectivity index (χ4v) is 1.00. The zero-order chi connectivity index (χ0) is 10.4. The number of hydrogen-bond donors (Lipinski definition) is 1. The third-order valence-electron chi connectivity index (χ3n) is 1.53. The Hall–Kier alpha value is -1.04. The Labute approximate surface area is 86.7 Å². The van der Waals surface area contributed by atoms with Crippen molar-refractivity contribution in [1.82, 2.24) is 0 Å². The van der Waals surface area contributed by atoms with Crippen molar-refractivity contribution >= 4 is 23.5 Å². The van der Waals surface area contributed by atoms with Crippen LogP contribution in [0.3, 0.4) is 0 Å². The molecule has 1 rings (SSSR count). The highest BCUT2D eigenvalue weighted by atomic mass is 32.2. The van der Waals surface area contributed by atoms with Crippen LogP contribution < -0.4 is 5.48 Å². The van der Waals surface area contributed by atoms with Crippen LogP contribution in [0, 0.1) is 0 Å². The summed E-state index contributed by atoms with van der Waals surface area (Å²) in [5.74, 6) is 0.0134. The first kappa shape index (κ1) is 11.0. The van der Waals surface area contributed by atoms with E-state index in [4.69, 9.17) is 0 Å². The van der Waals surface area contributed by atoms with Crippen LogP contribution in [0.4, 0.5) is 5.69 Å². The Morgan fingerprint density at radius 1 is 1.50 bits per heavy atom. The zero-order valence-corrected chi connectivity index (χ0v) is 8.76. The third-order valence-corrected chi connectivity index (χ3v) is 1.73. The molecule has 1 aromatic rings. The van der Waals surface area contributed by atoms with E-state index in [0.29, 0.717) is 11.3 Å². The molecule has 0 atom stereocenters. The van der Waals surface area contributed by atoms with Crippen LogP contribution in [0.2, 0.25) is 0 Å².